The zero-order chi connectivity index (χ0) is 12.3. The highest BCUT2D eigenvalue weighted by molar-refractivity contribution is 7.85. The van der Waals surface area contributed by atoms with Crippen LogP contribution in [0.2, 0.25) is 0 Å². The molecular formula is C13H19NOS. The third kappa shape index (κ3) is 3.56. The van der Waals surface area contributed by atoms with Crippen molar-refractivity contribution >= 4 is 17.2 Å². The minimum absolute atomic E-state index is 0.297. The van der Waals surface area contributed by atoms with Gasteiger partial charge in [0.2, 0.25) is 0 Å². The van der Waals surface area contributed by atoms with E-state index in [4.69, 9.17) is 0 Å². The molecule has 0 saturated carbocycles. The number of benzene rings is 1. The number of hydrogen-bond acceptors (Lipinski definition) is 1. The molecule has 1 aromatic rings. The molecule has 1 aromatic carbocycles. The van der Waals surface area contributed by atoms with Crippen LogP contribution in [0.4, 0.5) is 0 Å². The zero-order valence-corrected chi connectivity index (χ0v) is 11.4. The minimum atomic E-state index is -1.18. The van der Waals surface area contributed by atoms with Crippen LogP contribution in [0.5, 0.6) is 0 Å². The van der Waals surface area contributed by atoms with E-state index in [1.807, 2.05) is 39.8 Å². The van der Waals surface area contributed by atoms with Crippen molar-refractivity contribution in [1.29, 1.82) is 0 Å². The summed E-state index contributed by atoms with van der Waals surface area (Å²) in [5, 5.41) is 0. The van der Waals surface area contributed by atoms with Gasteiger partial charge in [-0.15, -0.1) is 0 Å². The number of aryl methyl sites for hydroxylation is 2. The topological polar surface area (TPSA) is 29.4 Å². The fourth-order valence-corrected chi connectivity index (χ4v) is 1.76. The van der Waals surface area contributed by atoms with Gasteiger partial charge >= 0.3 is 0 Å². The van der Waals surface area contributed by atoms with Gasteiger partial charge in [-0.2, -0.15) is 4.40 Å². The lowest BCUT2D eigenvalue weighted by molar-refractivity contribution is 0.651. The van der Waals surface area contributed by atoms with Gasteiger partial charge in [0.1, 0.15) is 11.0 Å². The molecule has 0 saturated heterocycles. The van der Waals surface area contributed by atoms with Crippen LogP contribution in [0.1, 0.15) is 37.5 Å². The summed E-state index contributed by atoms with van der Waals surface area (Å²) < 4.78 is 15.5. The summed E-state index contributed by atoms with van der Waals surface area (Å²) in [7, 11) is -1.18. The molecular weight excluding hydrogens is 218 g/mol. The number of rotatable bonds is 2. The number of nitrogens with zero attached hydrogens (tertiary/aromatic N) is 1. The van der Waals surface area contributed by atoms with E-state index in [2.05, 4.69) is 17.4 Å². The van der Waals surface area contributed by atoms with Crippen molar-refractivity contribution in [1.82, 2.24) is 0 Å². The Labute approximate surface area is 100 Å². The van der Waals surface area contributed by atoms with Crippen LogP contribution in [0.15, 0.2) is 22.6 Å². The van der Waals surface area contributed by atoms with Gasteiger partial charge in [-0.25, -0.2) is 4.21 Å². The first-order valence-corrected chi connectivity index (χ1v) is 6.45. The Morgan fingerprint density at radius 1 is 1.25 bits per heavy atom. The van der Waals surface area contributed by atoms with Gasteiger partial charge in [0, 0.05) is 6.21 Å². The van der Waals surface area contributed by atoms with Crippen LogP contribution < -0.4 is 0 Å². The molecule has 1 rings (SSSR count). The molecule has 0 fully saturated rings. The predicted molar refractivity (Wildman–Crippen MR) is 71.4 cm³/mol. The lowest BCUT2D eigenvalue weighted by atomic mass is 10.1. The zero-order valence-electron chi connectivity index (χ0n) is 10.6. The quantitative estimate of drug-likeness (QED) is 0.726. The third-order valence-electron chi connectivity index (χ3n) is 2.24. The average Bonchev–Trinajstić information content (AvgIpc) is 2.14. The van der Waals surface area contributed by atoms with Crippen LogP contribution in [0.25, 0.3) is 0 Å². The summed E-state index contributed by atoms with van der Waals surface area (Å²) in [6.07, 6.45) is 1.70. The van der Waals surface area contributed by atoms with Crippen molar-refractivity contribution < 1.29 is 4.21 Å². The molecule has 0 aromatic heterocycles. The Hall–Kier alpha value is -0.960. The highest BCUT2D eigenvalue weighted by Crippen LogP contribution is 2.13. The van der Waals surface area contributed by atoms with Gasteiger partial charge in [0.05, 0.1) is 4.75 Å². The summed E-state index contributed by atoms with van der Waals surface area (Å²) in [6.45, 7) is 9.85. The summed E-state index contributed by atoms with van der Waals surface area (Å²) in [5.74, 6) is 0. The Kier molecular flexibility index (Phi) is 4.03. The Balaban J connectivity index is 2.89. The van der Waals surface area contributed by atoms with Crippen molar-refractivity contribution in [3.63, 3.8) is 0 Å². The van der Waals surface area contributed by atoms with E-state index < -0.39 is 11.0 Å². The highest BCUT2D eigenvalue weighted by Gasteiger charge is 2.18. The molecule has 0 spiro atoms. The van der Waals surface area contributed by atoms with Crippen molar-refractivity contribution in [3.05, 3.63) is 34.9 Å². The standard InChI is InChI=1S/C13H19NOS/c1-10-6-7-12(11(2)8-10)9-14-16(15)13(3,4)5/h6-9H,1-5H3. The summed E-state index contributed by atoms with van der Waals surface area (Å²) in [6, 6.07) is 6.14. The van der Waals surface area contributed by atoms with Gasteiger partial charge in [0.25, 0.3) is 0 Å². The monoisotopic (exact) mass is 237 g/mol. The lowest BCUT2D eigenvalue weighted by Gasteiger charge is -2.12. The lowest BCUT2D eigenvalue weighted by Crippen LogP contribution is -2.19. The largest absolute Gasteiger partial charge is 0.234 e. The molecule has 0 aliphatic carbocycles. The van der Waals surface area contributed by atoms with Crippen molar-refractivity contribution in [2.75, 3.05) is 0 Å². The molecule has 1 unspecified atom stereocenters. The average molecular weight is 237 g/mol. The van der Waals surface area contributed by atoms with E-state index in [0.717, 1.165) is 11.1 Å². The van der Waals surface area contributed by atoms with Crippen LogP contribution >= 0.6 is 0 Å². The Bertz CT molecular complexity index is 430. The number of hydrogen-bond donors (Lipinski definition) is 0. The second kappa shape index (κ2) is 4.91. The summed E-state index contributed by atoms with van der Waals surface area (Å²) in [4.78, 5) is 0. The highest BCUT2D eigenvalue weighted by atomic mass is 32.2. The second-order valence-corrected chi connectivity index (χ2v) is 6.89. The fourth-order valence-electron chi connectivity index (χ4n) is 1.23. The normalized spacial score (nSPS) is 14.3. The van der Waals surface area contributed by atoms with E-state index in [0.29, 0.717) is 0 Å². The van der Waals surface area contributed by atoms with Crippen LogP contribution in [0, 0.1) is 13.8 Å². The maximum absolute atomic E-state index is 11.7. The maximum Gasteiger partial charge on any atom is 0.144 e. The Morgan fingerprint density at radius 2 is 1.88 bits per heavy atom. The molecule has 0 aliphatic rings. The Morgan fingerprint density at radius 3 is 2.38 bits per heavy atom. The first-order chi connectivity index (χ1) is 7.30. The predicted octanol–water partition coefficient (Wildman–Crippen LogP) is 3.18. The van der Waals surface area contributed by atoms with Gasteiger partial charge in [-0.1, -0.05) is 23.8 Å². The van der Waals surface area contributed by atoms with Gasteiger partial charge in [-0.3, -0.25) is 0 Å². The molecule has 0 amide bonds. The van der Waals surface area contributed by atoms with Crippen LogP contribution in [0.3, 0.4) is 0 Å². The van der Waals surface area contributed by atoms with Crippen LogP contribution in [-0.4, -0.2) is 15.2 Å². The van der Waals surface area contributed by atoms with E-state index in [1.54, 1.807) is 6.21 Å². The fraction of sp³-hybridized carbons (Fsp3) is 0.462. The molecule has 0 N–H and O–H groups in total. The molecule has 1 atom stereocenters. The SMILES string of the molecule is Cc1ccc(C=NS(=O)C(C)(C)C)c(C)c1. The smallest absolute Gasteiger partial charge is 0.144 e. The van der Waals surface area contributed by atoms with Gasteiger partial charge in [0.15, 0.2) is 0 Å². The molecule has 0 radical (unpaired) electrons. The first kappa shape index (κ1) is 13.1. The van der Waals surface area contributed by atoms with E-state index in [-0.39, 0.29) is 4.75 Å². The molecule has 0 heterocycles. The first-order valence-electron chi connectivity index (χ1n) is 5.34. The maximum atomic E-state index is 11.7. The minimum Gasteiger partial charge on any atom is -0.234 e. The van der Waals surface area contributed by atoms with Crippen molar-refractivity contribution in [3.8, 4) is 0 Å². The van der Waals surface area contributed by atoms with Gasteiger partial charge < -0.3 is 0 Å². The van der Waals surface area contributed by atoms with E-state index in [1.165, 1.54) is 5.56 Å². The molecule has 0 aliphatic heterocycles. The van der Waals surface area contributed by atoms with Crippen molar-refractivity contribution in [2.45, 2.75) is 39.4 Å². The van der Waals surface area contributed by atoms with Crippen LogP contribution in [-0.2, 0) is 11.0 Å². The molecule has 88 valence electrons. The third-order valence-corrected chi connectivity index (χ3v) is 3.58. The van der Waals surface area contributed by atoms with E-state index >= 15 is 0 Å². The van der Waals surface area contributed by atoms with Crippen molar-refractivity contribution in [2.24, 2.45) is 4.40 Å². The second-order valence-electron chi connectivity index (χ2n) is 4.96. The molecule has 2 nitrogen and oxygen atoms in total. The summed E-state index contributed by atoms with van der Waals surface area (Å²) in [5.41, 5.74) is 3.42. The molecule has 0 bridgehead atoms. The molecule has 3 heteroatoms. The molecule has 16 heavy (non-hydrogen) atoms. The van der Waals surface area contributed by atoms with E-state index in [9.17, 15) is 4.21 Å². The van der Waals surface area contributed by atoms with Gasteiger partial charge in [-0.05, 0) is 45.7 Å². The summed E-state index contributed by atoms with van der Waals surface area (Å²) >= 11 is 0.